The summed E-state index contributed by atoms with van der Waals surface area (Å²) in [6.45, 7) is 1.62. The number of hydrogen-bond donors (Lipinski definition) is 3. The van der Waals surface area contributed by atoms with Gasteiger partial charge in [0, 0.05) is 19.4 Å². The highest BCUT2D eigenvalue weighted by Gasteiger charge is 2.22. The van der Waals surface area contributed by atoms with E-state index < -0.39 is 32.5 Å². The minimum atomic E-state index is -4.78. The predicted octanol–water partition coefficient (Wildman–Crippen LogP) is 12.0. The van der Waals surface area contributed by atoms with Crippen LogP contribution >= 0.6 is 7.82 Å². The fraction of sp³-hybridized carbons (Fsp3) is 0.689. The van der Waals surface area contributed by atoms with E-state index in [1.54, 1.807) is 0 Å². The molecule has 55 heavy (non-hydrogen) atoms. The summed E-state index contributed by atoms with van der Waals surface area (Å²) in [5.41, 5.74) is 0. The summed E-state index contributed by atoms with van der Waals surface area (Å²) in [5, 5.41) is 8.78. The molecule has 0 saturated heterocycles. The molecule has 0 bridgehead atoms. The molecule has 0 rings (SSSR count). The van der Waals surface area contributed by atoms with Crippen molar-refractivity contribution in [1.29, 1.82) is 0 Å². The van der Waals surface area contributed by atoms with Crippen molar-refractivity contribution in [3.05, 3.63) is 72.9 Å². The van der Waals surface area contributed by atoms with E-state index in [1.165, 1.54) is 57.8 Å². The van der Waals surface area contributed by atoms with Crippen LogP contribution < -0.4 is 0 Å². The lowest BCUT2D eigenvalue weighted by atomic mass is 10.1. The molecule has 0 unspecified atom stereocenters. The summed E-state index contributed by atoms with van der Waals surface area (Å²) in [5.74, 6) is -0.973. The minimum absolute atomic E-state index is 0.177. The number of rotatable bonds is 39. The van der Waals surface area contributed by atoms with Crippen LogP contribution in [0.25, 0.3) is 0 Å². The molecule has 0 spiro atoms. The van der Waals surface area contributed by atoms with Crippen molar-refractivity contribution in [2.45, 2.75) is 180 Å². The third-order valence-corrected chi connectivity index (χ3v) is 9.24. The second-order valence-electron chi connectivity index (χ2n) is 14.0. The molecule has 0 aliphatic carbocycles. The molecule has 0 amide bonds. The highest BCUT2D eigenvalue weighted by Crippen LogP contribution is 2.36. The van der Waals surface area contributed by atoms with Crippen LogP contribution in [0.1, 0.15) is 174 Å². The molecule has 10 heteroatoms. The van der Waals surface area contributed by atoms with Gasteiger partial charge in [0.15, 0.2) is 6.10 Å². The van der Waals surface area contributed by atoms with Gasteiger partial charge in [0.1, 0.15) is 6.61 Å². The van der Waals surface area contributed by atoms with Crippen LogP contribution in [0.3, 0.4) is 0 Å². The second-order valence-corrected chi connectivity index (χ2v) is 15.3. The fourth-order valence-corrected chi connectivity index (χ4v) is 5.91. The van der Waals surface area contributed by atoms with Crippen molar-refractivity contribution in [2.24, 2.45) is 0 Å². The fourth-order valence-electron chi connectivity index (χ4n) is 5.55. The van der Waals surface area contributed by atoms with Gasteiger partial charge in [0.2, 0.25) is 0 Å². The summed E-state index contributed by atoms with van der Waals surface area (Å²) in [7, 11) is -4.78. The second kappa shape index (κ2) is 41.1. The Kier molecular flexibility index (Phi) is 39.2. The van der Waals surface area contributed by atoms with Gasteiger partial charge >= 0.3 is 19.8 Å². The molecule has 0 aliphatic heterocycles. The molecule has 1 atom stereocenters. The molecular formula is C45H77O9P. The molecule has 0 radical (unpaired) electrons. The lowest BCUT2D eigenvalue weighted by Crippen LogP contribution is -2.29. The number of carbonyl (C=O) groups excluding carboxylic acids is 2. The van der Waals surface area contributed by atoms with Crippen molar-refractivity contribution < 1.29 is 43.0 Å². The molecule has 0 heterocycles. The highest BCUT2D eigenvalue weighted by atomic mass is 31.2. The number of phosphoric acid groups is 1. The number of phosphoric ester groups is 1. The van der Waals surface area contributed by atoms with E-state index in [1.807, 2.05) is 6.08 Å². The zero-order chi connectivity index (χ0) is 40.3. The Labute approximate surface area is 334 Å². The number of allylic oxidation sites excluding steroid dienone is 12. The van der Waals surface area contributed by atoms with E-state index in [2.05, 4.69) is 78.3 Å². The predicted molar refractivity (Wildman–Crippen MR) is 226 cm³/mol. The van der Waals surface area contributed by atoms with Gasteiger partial charge in [-0.05, 0) is 89.9 Å². The average molecular weight is 793 g/mol. The SMILES string of the molecule is CCCCC/C=C\C/C=C\CCCCCCCCCCCC(=O)O[C@H](COC(=O)CCC/C=C\C/C=C\C/C=C\C/C=C\CCCCCO)COP(=O)(O)O. The molecule has 9 nitrogen and oxygen atoms in total. The maximum Gasteiger partial charge on any atom is 0.469 e. The summed E-state index contributed by atoms with van der Waals surface area (Å²) in [4.78, 5) is 42.9. The summed E-state index contributed by atoms with van der Waals surface area (Å²) in [6, 6.07) is 0. The van der Waals surface area contributed by atoms with Crippen LogP contribution in [0, 0.1) is 0 Å². The zero-order valence-electron chi connectivity index (χ0n) is 34.2. The Hall–Kier alpha value is -2.55. The third-order valence-electron chi connectivity index (χ3n) is 8.75. The van der Waals surface area contributed by atoms with Gasteiger partial charge in [0.25, 0.3) is 0 Å². The van der Waals surface area contributed by atoms with Crippen LogP contribution in [0.2, 0.25) is 0 Å². The number of aliphatic hydroxyl groups is 1. The van der Waals surface area contributed by atoms with E-state index in [0.717, 1.165) is 77.0 Å². The lowest BCUT2D eigenvalue weighted by molar-refractivity contribution is -0.161. The first-order valence-electron chi connectivity index (χ1n) is 21.3. The van der Waals surface area contributed by atoms with Gasteiger partial charge in [-0.3, -0.25) is 14.1 Å². The maximum atomic E-state index is 12.4. The van der Waals surface area contributed by atoms with E-state index in [0.29, 0.717) is 19.3 Å². The summed E-state index contributed by atoms with van der Waals surface area (Å²) >= 11 is 0. The largest absolute Gasteiger partial charge is 0.469 e. The van der Waals surface area contributed by atoms with E-state index in [9.17, 15) is 14.2 Å². The third kappa shape index (κ3) is 44.0. The topological polar surface area (TPSA) is 140 Å². The van der Waals surface area contributed by atoms with Gasteiger partial charge in [-0.25, -0.2) is 4.57 Å². The van der Waals surface area contributed by atoms with E-state index in [4.69, 9.17) is 24.4 Å². The smallest absolute Gasteiger partial charge is 0.462 e. The van der Waals surface area contributed by atoms with Crippen LogP contribution in [0.15, 0.2) is 72.9 Å². The minimum Gasteiger partial charge on any atom is -0.462 e. The van der Waals surface area contributed by atoms with Crippen LogP contribution in [0.5, 0.6) is 0 Å². The highest BCUT2D eigenvalue weighted by molar-refractivity contribution is 7.46. The number of carbonyl (C=O) groups is 2. The maximum absolute atomic E-state index is 12.4. The van der Waals surface area contributed by atoms with Crippen molar-refractivity contribution >= 4 is 19.8 Å². The number of ether oxygens (including phenoxy) is 2. The molecule has 0 saturated carbocycles. The molecule has 0 fully saturated rings. The quantitative estimate of drug-likeness (QED) is 0.0240. The van der Waals surface area contributed by atoms with Crippen molar-refractivity contribution in [2.75, 3.05) is 19.8 Å². The molecule has 0 aromatic heterocycles. The van der Waals surface area contributed by atoms with Gasteiger partial charge in [-0.15, -0.1) is 0 Å². The standard InChI is InChI=1S/C45H77O9P/c1-2-3-4-5-6-7-8-9-10-11-12-14-18-21-24-27-30-33-36-39-45(48)54-43(42-53-55(49,50)51)41-52-44(47)38-35-32-29-26-23-20-17-15-13-16-19-22-25-28-31-34-37-40-46/h6-7,9-10,13,16-17,20,22,25-26,29,43,46H,2-5,8,11-12,14-15,18-19,21,23-24,27-28,30-42H2,1H3,(H2,49,50,51)/b7-6-,10-9-,16-13-,20-17-,25-22-,29-26-/t43-/m1/s1. The normalized spacial score (nSPS) is 13.2. The molecule has 316 valence electrons. The lowest BCUT2D eigenvalue weighted by Gasteiger charge is -2.18. The molecule has 0 aliphatic rings. The van der Waals surface area contributed by atoms with Gasteiger partial charge in [0.05, 0.1) is 6.61 Å². The van der Waals surface area contributed by atoms with E-state index >= 15 is 0 Å². The number of aliphatic hydroxyl groups excluding tert-OH is 1. The number of unbranched alkanes of at least 4 members (excludes halogenated alkanes) is 16. The number of hydrogen-bond acceptors (Lipinski definition) is 7. The van der Waals surface area contributed by atoms with Gasteiger partial charge in [-0.2, -0.15) is 0 Å². The molecule has 3 N–H and O–H groups in total. The van der Waals surface area contributed by atoms with E-state index in [-0.39, 0.29) is 26.1 Å². The Morgan fingerprint density at radius 2 is 0.909 bits per heavy atom. The molecule has 0 aromatic rings. The van der Waals surface area contributed by atoms with Crippen LogP contribution in [0.4, 0.5) is 0 Å². The first-order valence-corrected chi connectivity index (χ1v) is 22.9. The van der Waals surface area contributed by atoms with Gasteiger partial charge in [-0.1, -0.05) is 144 Å². The number of esters is 2. The zero-order valence-corrected chi connectivity index (χ0v) is 35.1. The summed E-state index contributed by atoms with van der Waals surface area (Å²) in [6.07, 6.45) is 50.6. The average Bonchev–Trinajstić information content (AvgIpc) is 3.16. The summed E-state index contributed by atoms with van der Waals surface area (Å²) < 4.78 is 26.3. The molecular weight excluding hydrogens is 715 g/mol. The monoisotopic (exact) mass is 793 g/mol. The molecule has 0 aromatic carbocycles. The van der Waals surface area contributed by atoms with Crippen LogP contribution in [-0.2, 0) is 28.2 Å². The van der Waals surface area contributed by atoms with Crippen LogP contribution in [-0.4, -0.2) is 52.8 Å². The Bertz CT molecular complexity index is 1120. The Balaban J connectivity index is 4.01. The van der Waals surface area contributed by atoms with Gasteiger partial charge < -0.3 is 24.4 Å². The first kappa shape index (κ1) is 52.5. The van der Waals surface area contributed by atoms with Crippen molar-refractivity contribution in [3.63, 3.8) is 0 Å². The van der Waals surface area contributed by atoms with Crippen molar-refractivity contribution in [3.8, 4) is 0 Å². The Morgan fingerprint density at radius 1 is 0.509 bits per heavy atom. The van der Waals surface area contributed by atoms with Crippen molar-refractivity contribution in [1.82, 2.24) is 0 Å². The first-order chi connectivity index (χ1) is 26.8. The Morgan fingerprint density at radius 3 is 1.38 bits per heavy atom.